The molecule has 1 saturated heterocycles. The molecule has 3 rings (SSSR count). The van der Waals surface area contributed by atoms with Crippen LogP contribution in [0.4, 0.5) is 5.69 Å². The highest BCUT2D eigenvalue weighted by Crippen LogP contribution is 2.38. The van der Waals surface area contributed by atoms with E-state index in [9.17, 15) is 10.1 Å². The number of nitrogens with zero attached hydrogens (tertiary/aromatic N) is 1. The minimum atomic E-state index is -0.446. The lowest BCUT2D eigenvalue weighted by Crippen LogP contribution is -2.25. The Hall–Kier alpha value is -1.46. The molecule has 5 heteroatoms. The first-order chi connectivity index (χ1) is 8.74. The first-order valence-electron chi connectivity index (χ1n) is 6.29. The van der Waals surface area contributed by atoms with Gasteiger partial charge >= 0.3 is 0 Å². The second-order valence-corrected chi connectivity index (χ2v) is 4.82. The number of ether oxygens (including phenoxy) is 2. The highest BCUT2D eigenvalue weighted by molar-refractivity contribution is 5.35. The highest BCUT2D eigenvalue weighted by atomic mass is 16.7. The molecule has 1 aromatic carbocycles. The van der Waals surface area contributed by atoms with E-state index < -0.39 is 11.2 Å². The molecule has 0 N–H and O–H groups in total. The Morgan fingerprint density at radius 3 is 2.44 bits per heavy atom. The molecule has 2 fully saturated rings. The summed E-state index contributed by atoms with van der Waals surface area (Å²) in [6, 6.07) is 6.49. The third-order valence-corrected chi connectivity index (χ3v) is 3.59. The Kier molecular flexibility index (Phi) is 3.01. The third-order valence-electron chi connectivity index (χ3n) is 3.59. The molecular formula is C13H15NO4. The van der Waals surface area contributed by atoms with Gasteiger partial charge in [-0.3, -0.25) is 10.1 Å². The molecule has 0 spiro atoms. The predicted octanol–water partition coefficient (Wildman–Crippen LogP) is 2.95. The highest BCUT2D eigenvalue weighted by Gasteiger charge is 2.38. The van der Waals surface area contributed by atoms with Crippen molar-refractivity contribution in [2.45, 2.75) is 44.2 Å². The lowest BCUT2D eigenvalue weighted by molar-refractivity contribution is -0.385. The maximum Gasteiger partial charge on any atom is 0.269 e. The molecule has 2 aliphatic rings. The van der Waals surface area contributed by atoms with Gasteiger partial charge in [-0.1, -0.05) is 25.0 Å². The molecule has 2 unspecified atom stereocenters. The molecule has 0 aromatic heterocycles. The van der Waals surface area contributed by atoms with Crippen LogP contribution in [0.25, 0.3) is 0 Å². The molecular weight excluding hydrogens is 234 g/mol. The molecule has 18 heavy (non-hydrogen) atoms. The molecule has 0 radical (unpaired) electrons. The average Bonchev–Trinajstić information content (AvgIpc) is 2.82. The van der Waals surface area contributed by atoms with Gasteiger partial charge in [0.1, 0.15) is 0 Å². The molecule has 0 bridgehead atoms. The van der Waals surface area contributed by atoms with Crippen molar-refractivity contribution >= 4 is 5.69 Å². The van der Waals surface area contributed by atoms with E-state index in [-0.39, 0.29) is 17.9 Å². The molecule has 1 aliphatic carbocycles. The van der Waals surface area contributed by atoms with Crippen LogP contribution in [0.3, 0.4) is 0 Å². The second-order valence-electron chi connectivity index (χ2n) is 4.82. The maximum absolute atomic E-state index is 10.7. The molecule has 1 aliphatic heterocycles. The topological polar surface area (TPSA) is 61.6 Å². The van der Waals surface area contributed by atoms with E-state index in [1.807, 2.05) is 6.07 Å². The van der Waals surface area contributed by atoms with Crippen LogP contribution in [0.15, 0.2) is 24.3 Å². The summed E-state index contributed by atoms with van der Waals surface area (Å²) in [7, 11) is 0. The zero-order valence-electron chi connectivity index (χ0n) is 9.95. The van der Waals surface area contributed by atoms with E-state index in [2.05, 4.69) is 0 Å². The van der Waals surface area contributed by atoms with Gasteiger partial charge in [-0.25, -0.2) is 0 Å². The van der Waals surface area contributed by atoms with Crippen LogP contribution >= 0.6 is 0 Å². The zero-order chi connectivity index (χ0) is 12.5. The Labute approximate surface area is 105 Å². The van der Waals surface area contributed by atoms with E-state index >= 15 is 0 Å². The van der Waals surface area contributed by atoms with Gasteiger partial charge in [0.05, 0.1) is 17.1 Å². The van der Waals surface area contributed by atoms with Crippen LogP contribution in [-0.2, 0) is 9.47 Å². The summed E-state index contributed by atoms with van der Waals surface area (Å²) < 4.78 is 11.7. The van der Waals surface area contributed by atoms with Gasteiger partial charge in [0, 0.05) is 17.7 Å². The van der Waals surface area contributed by atoms with Gasteiger partial charge in [0.15, 0.2) is 6.29 Å². The van der Waals surface area contributed by atoms with Crippen LogP contribution in [0, 0.1) is 10.1 Å². The number of rotatable bonds is 2. The van der Waals surface area contributed by atoms with Crippen molar-refractivity contribution in [1.82, 2.24) is 0 Å². The third kappa shape index (κ3) is 2.11. The van der Waals surface area contributed by atoms with Crippen molar-refractivity contribution < 1.29 is 14.4 Å². The van der Waals surface area contributed by atoms with Crippen molar-refractivity contribution in [1.29, 1.82) is 0 Å². The van der Waals surface area contributed by atoms with Gasteiger partial charge < -0.3 is 9.47 Å². The molecule has 96 valence electrons. The van der Waals surface area contributed by atoms with Crippen molar-refractivity contribution in [3.63, 3.8) is 0 Å². The first-order valence-corrected chi connectivity index (χ1v) is 6.29. The van der Waals surface area contributed by atoms with Gasteiger partial charge in [-0.15, -0.1) is 0 Å². The summed E-state index contributed by atoms with van der Waals surface area (Å²) >= 11 is 0. The van der Waals surface area contributed by atoms with Gasteiger partial charge in [-0.05, 0) is 12.8 Å². The number of hydrogen-bond acceptors (Lipinski definition) is 4. The summed E-state index contributed by atoms with van der Waals surface area (Å²) in [6.07, 6.45) is 4.26. The van der Waals surface area contributed by atoms with Crippen LogP contribution < -0.4 is 0 Å². The van der Waals surface area contributed by atoms with Crippen LogP contribution in [-0.4, -0.2) is 17.1 Å². The predicted molar refractivity (Wildman–Crippen MR) is 64.1 cm³/mol. The summed E-state index contributed by atoms with van der Waals surface area (Å²) in [5.74, 6) is 0. The van der Waals surface area contributed by atoms with Crippen LogP contribution in [0.2, 0.25) is 0 Å². The Morgan fingerprint density at radius 1 is 1.17 bits per heavy atom. The van der Waals surface area contributed by atoms with Gasteiger partial charge in [0.2, 0.25) is 0 Å². The van der Waals surface area contributed by atoms with E-state index in [0.717, 1.165) is 18.4 Å². The number of non-ortho nitro benzene ring substituents is 1. The summed E-state index contributed by atoms with van der Waals surface area (Å²) in [6.45, 7) is 0. The minimum absolute atomic E-state index is 0.0783. The fourth-order valence-corrected chi connectivity index (χ4v) is 2.67. The summed E-state index contributed by atoms with van der Waals surface area (Å²) in [5.41, 5.74) is 0.813. The minimum Gasteiger partial charge on any atom is -0.342 e. The first kappa shape index (κ1) is 11.6. The largest absolute Gasteiger partial charge is 0.342 e. The molecule has 1 heterocycles. The standard InChI is InChI=1S/C13H15NO4/c15-14(16)10-5-3-4-9(8-10)13-17-11-6-1-2-7-12(11)18-13/h3-5,8,11-13H,1-2,6-7H2. The molecule has 1 aromatic rings. The van der Waals surface area contributed by atoms with Crippen molar-refractivity contribution in [3.8, 4) is 0 Å². The Bertz CT molecular complexity index is 448. The monoisotopic (exact) mass is 249 g/mol. The lowest BCUT2D eigenvalue weighted by Gasteiger charge is -2.21. The molecule has 2 atom stereocenters. The quantitative estimate of drug-likeness (QED) is 0.597. The van der Waals surface area contributed by atoms with E-state index in [1.165, 1.54) is 25.0 Å². The van der Waals surface area contributed by atoms with E-state index in [1.54, 1.807) is 6.07 Å². The second kappa shape index (κ2) is 4.66. The Balaban J connectivity index is 1.79. The number of nitro groups is 1. The number of benzene rings is 1. The van der Waals surface area contributed by atoms with Crippen molar-refractivity contribution in [2.75, 3.05) is 0 Å². The van der Waals surface area contributed by atoms with Crippen LogP contribution in [0.1, 0.15) is 37.5 Å². The van der Waals surface area contributed by atoms with Crippen molar-refractivity contribution in [3.05, 3.63) is 39.9 Å². The van der Waals surface area contributed by atoms with Gasteiger partial charge in [0.25, 0.3) is 5.69 Å². The molecule has 1 saturated carbocycles. The van der Waals surface area contributed by atoms with E-state index in [4.69, 9.17) is 9.47 Å². The average molecular weight is 249 g/mol. The number of fused-ring (bicyclic) bond motifs is 1. The summed E-state index contributed by atoms with van der Waals surface area (Å²) in [5, 5.41) is 10.7. The smallest absolute Gasteiger partial charge is 0.269 e. The summed E-state index contributed by atoms with van der Waals surface area (Å²) in [4.78, 5) is 10.3. The number of hydrogen-bond donors (Lipinski definition) is 0. The normalized spacial score (nSPS) is 31.0. The molecule has 0 amide bonds. The van der Waals surface area contributed by atoms with Gasteiger partial charge in [-0.2, -0.15) is 0 Å². The van der Waals surface area contributed by atoms with E-state index in [0.29, 0.717) is 0 Å². The van der Waals surface area contributed by atoms with Crippen molar-refractivity contribution in [2.24, 2.45) is 0 Å². The zero-order valence-corrected chi connectivity index (χ0v) is 9.95. The number of nitro benzene ring substituents is 1. The molecule has 5 nitrogen and oxygen atoms in total. The lowest BCUT2D eigenvalue weighted by atomic mass is 9.95. The maximum atomic E-state index is 10.7. The fourth-order valence-electron chi connectivity index (χ4n) is 2.67. The Morgan fingerprint density at radius 2 is 1.83 bits per heavy atom. The van der Waals surface area contributed by atoms with Crippen LogP contribution in [0.5, 0.6) is 0 Å². The fraction of sp³-hybridized carbons (Fsp3) is 0.538. The SMILES string of the molecule is O=[N+]([O-])c1cccc(C2OC3CCCCC3O2)c1.